The van der Waals surface area contributed by atoms with Crippen molar-refractivity contribution < 1.29 is 4.39 Å². The van der Waals surface area contributed by atoms with Crippen LogP contribution in [0.25, 0.3) is 0 Å². The van der Waals surface area contributed by atoms with Crippen molar-refractivity contribution in [1.82, 2.24) is 10.4 Å². The van der Waals surface area contributed by atoms with Crippen LogP contribution in [0, 0.1) is 23.6 Å². The largest absolute Gasteiger partial charge is 0.271 e. The van der Waals surface area contributed by atoms with Gasteiger partial charge in [0.05, 0.1) is 11.7 Å². The van der Waals surface area contributed by atoms with Crippen LogP contribution < -0.4 is 11.3 Å². The number of rotatable bonds is 4. The number of nitrogens with two attached hydrogens (primary N) is 1. The van der Waals surface area contributed by atoms with Gasteiger partial charge in [0.15, 0.2) is 0 Å². The number of nitrogens with one attached hydrogen (secondary N) is 1. The summed E-state index contributed by atoms with van der Waals surface area (Å²) < 4.78 is 13.7. The van der Waals surface area contributed by atoms with E-state index in [0.29, 0.717) is 11.6 Å². The van der Waals surface area contributed by atoms with Crippen molar-refractivity contribution in [3.8, 4) is 0 Å². The minimum Gasteiger partial charge on any atom is -0.271 e. The zero-order valence-corrected chi connectivity index (χ0v) is 10.5. The van der Waals surface area contributed by atoms with E-state index in [9.17, 15) is 4.39 Å². The summed E-state index contributed by atoms with van der Waals surface area (Å²) in [5.74, 6) is 7.76. The van der Waals surface area contributed by atoms with E-state index in [2.05, 4.69) is 10.4 Å². The quantitative estimate of drug-likeness (QED) is 0.637. The highest BCUT2D eigenvalue weighted by atomic mass is 19.1. The number of hydrazine groups is 1. The first-order valence-electron chi connectivity index (χ1n) is 6.84. The van der Waals surface area contributed by atoms with E-state index in [-0.39, 0.29) is 11.9 Å². The van der Waals surface area contributed by atoms with Gasteiger partial charge in [-0.3, -0.25) is 16.3 Å². The molecule has 2 aliphatic rings. The molecule has 3 nitrogen and oxygen atoms in total. The topological polar surface area (TPSA) is 50.9 Å². The molecule has 2 aliphatic carbocycles. The molecule has 2 bridgehead atoms. The van der Waals surface area contributed by atoms with Crippen molar-refractivity contribution in [2.45, 2.75) is 38.1 Å². The van der Waals surface area contributed by atoms with E-state index in [0.717, 1.165) is 18.3 Å². The molecule has 1 heterocycles. The monoisotopic (exact) mass is 249 g/mol. The van der Waals surface area contributed by atoms with E-state index in [4.69, 9.17) is 5.84 Å². The third kappa shape index (κ3) is 2.15. The second-order valence-corrected chi connectivity index (χ2v) is 5.76. The van der Waals surface area contributed by atoms with Gasteiger partial charge < -0.3 is 0 Å². The second-order valence-electron chi connectivity index (χ2n) is 5.76. The standard InChI is InChI=1S/C14H20FN3/c15-12-2-1-5-17-14(12)13(18-16)8-11-7-9-3-4-10(11)6-9/h1-2,5,9-11,13,18H,3-4,6-8,16H2. The number of halogens is 1. The minimum absolute atomic E-state index is 0.157. The molecule has 2 saturated carbocycles. The van der Waals surface area contributed by atoms with Gasteiger partial charge in [0.2, 0.25) is 0 Å². The van der Waals surface area contributed by atoms with Gasteiger partial charge in [-0.1, -0.05) is 6.42 Å². The van der Waals surface area contributed by atoms with Crippen molar-refractivity contribution in [3.05, 3.63) is 29.8 Å². The van der Waals surface area contributed by atoms with E-state index in [1.807, 2.05) is 0 Å². The smallest absolute Gasteiger partial charge is 0.146 e. The van der Waals surface area contributed by atoms with E-state index in [1.54, 1.807) is 12.3 Å². The highest BCUT2D eigenvalue weighted by Gasteiger charge is 2.40. The molecule has 0 saturated heterocycles. The average Bonchev–Trinajstić information content (AvgIpc) is 2.99. The van der Waals surface area contributed by atoms with Gasteiger partial charge in [-0.15, -0.1) is 0 Å². The van der Waals surface area contributed by atoms with Crippen LogP contribution in [0.1, 0.15) is 43.8 Å². The van der Waals surface area contributed by atoms with Crippen LogP contribution in [0.3, 0.4) is 0 Å². The van der Waals surface area contributed by atoms with Crippen molar-refractivity contribution >= 4 is 0 Å². The Morgan fingerprint density at radius 1 is 1.44 bits per heavy atom. The molecule has 4 atom stereocenters. The van der Waals surface area contributed by atoms with Gasteiger partial charge in [-0.2, -0.15) is 0 Å². The van der Waals surface area contributed by atoms with E-state index < -0.39 is 0 Å². The Morgan fingerprint density at radius 3 is 2.94 bits per heavy atom. The lowest BCUT2D eigenvalue weighted by Crippen LogP contribution is -2.32. The number of nitrogens with zero attached hydrogens (tertiary/aromatic N) is 1. The van der Waals surface area contributed by atoms with Gasteiger partial charge in [0.25, 0.3) is 0 Å². The van der Waals surface area contributed by atoms with Crippen LogP contribution in [-0.2, 0) is 0 Å². The predicted octanol–water partition coefficient (Wildman–Crippen LogP) is 2.55. The fourth-order valence-electron chi connectivity index (χ4n) is 3.88. The highest BCUT2D eigenvalue weighted by molar-refractivity contribution is 5.12. The summed E-state index contributed by atoms with van der Waals surface area (Å²) in [5.41, 5.74) is 3.20. The van der Waals surface area contributed by atoms with Gasteiger partial charge in [-0.05, 0) is 55.6 Å². The maximum Gasteiger partial charge on any atom is 0.146 e. The van der Waals surface area contributed by atoms with Crippen LogP contribution in [0.4, 0.5) is 4.39 Å². The summed E-state index contributed by atoms with van der Waals surface area (Å²) in [6.45, 7) is 0. The Morgan fingerprint density at radius 2 is 2.33 bits per heavy atom. The molecule has 18 heavy (non-hydrogen) atoms. The molecule has 0 amide bonds. The third-order valence-corrected chi connectivity index (χ3v) is 4.74. The lowest BCUT2D eigenvalue weighted by atomic mass is 9.83. The number of hydrogen-bond acceptors (Lipinski definition) is 3. The zero-order valence-electron chi connectivity index (χ0n) is 10.5. The average molecular weight is 249 g/mol. The number of fused-ring (bicyclic) bond motifs is 2. The lowest BCUT2D eigenvalue weighted by molar-refractivity contribution is 0.275. The summed E-state index contributed by atoms with van der Waals surface area (Å²) in [6, 6.07) is 2.91. The van der Waals surface area contributed by atoms with Crippen LogP contribution in [0.5, 0.6) is 0 Å². The number of pyridine rings is 1. The molecule has 0 aromatic carbocycles. The van der Waals surface area contributed by atoms with Gasteiger partial charge in [-0.25, -0.2) is 4.39 Å². The Labute approximate surface area is 107 Å². The van der Waals surface area contributed by atoms with Crippen LogP contribution in [-0.4, -0.2) is 4.98 Å². The lowest BCUT2D eigenvalue weighted by Gasteiger charge is -2.26. The Kier molecular flexibility index (Phi) is 3.31. The molecule has 1 aromatic heterocycles. The predicted molar refractivity (Wildman–Crippen MR) is 67.8 cm³/mol. The fourth-order valence-corrected chi connectivity index (χ4v) is 3.88. The molecule has 3 rings (SSSR count). The van der Waals surface area contributed by atoms with E-state index >= 15 is 0 Å². The molecular weight excluding hydrogens is 229 g/mol. The summed E-state index contributed by atoms with van der Waals surface area (Å²) in [5, 5.41) is 0. The first-order valence-corrected chi connectivity index (χ1v) is 6.84. The van der Waals surface area contributed by atoms with Crippen molar-refractivity contribution in [3.63, 3.8) is 0 Å². The van der Waals surface area contributed by atoms with Crippen molar-refractivity contribution in [2.75, 3.05) is 0 Å². The molecule has 0 aliphatic heterocycles. The molecular formula is C14H20FN3. The molecule has 4 unspecified atom stereocenters. The normalized spacial score (nSPS) is 31.8. The van der Waals surface area contributed by atoms with Gasteiger partial charge in [0, 0.05) is 6.20 Å². The molecule has 3 N–H and O–H groups in total. The second kappa shape index (κ2) is 4.94. The van der Waals surface area contributed by atoms with Crippen molar-refractivity contribution in [2.24, 2.45) is 23.6 Å². The summed E-state index contributed by atoms with van der Waals surface area (Å²) >= 11 is 0. The van der Waals surface area contributed by atoms with Crippen LogP contribution in [0.15, 0.2) is 18.3 Å². The number of aromatic nitrogens is 1. The van der Waals surface area contributed by atoms with Gasteiger partial charge >= 0.3 is 0 Å². The molecule has 4 heteroatoms. The first-order chi connectivity index (χ1) is 8.78. The van der Waals surface area contributed by atoms with Crippen LogP contribution in [0.2, 0.25) is 0 Å². The van der Waals surface area contributed by atoms with Crippen LogP contribution >= 0.6 is 0 Å². The van der Waals surface area contributed by atoms with Gasteiger partial charge in [0.1, 0.15) is 5.82 Å². The van der Waals surface area contributed by atoms with Crippen molar-refractivity contribution in [1.29, 1.82) is 0 Å². The molecule has 0 spiro atoms. The Balaban J connectivity index is 1.72. The first kappa shape index (κ1) is 12.1. The highest BCUT2D eigenvalue weighted by Crippen LogP contribution is 2.50. The molecule has 2 fully saturated rings. The maximum atomic E-state index is 13.7. The Hall–Kier alpha value is -1.00. The SMILES string of the molecule is NNC(CC1CC2CCC1C2)c1ncccc1F. The molecule has 0 radical (unpaired) electrons. The maximum absolute atomic E-state index is 13.7. The van der Waals surface area contributed by atoms with E-state index in [1.165, 1.54) is 31.7 Å². The molecule has 1 aromatic rings. The molecule has 98 valence electrons. The third-order valence-electron chi connectivity index (χ3n) is 4.74. The fraction of sp³-hybridized carbons (Fsp3) is 0.643. The summed E-state index contributed by atoms with van der Waals surface area (Å²) in [7, 11) is 0. The number of hydrogen-bond donors (Lipinski definition) is 2. The Bertz CT molecular complexity index is 423. The zero-order chi connectivity index (χ0) is 12.5. The summed E-state index contributed by atoms with van der Waals surface area (Å²) in [6.07, 6.45) is 7.93. The summed E-state index contributed by atoms with van der Waals surface area (Å²) in [4.78, 5) is 4.14. The minimum atomic E-state index is -0.261.